The quantitative estimate of drug-likeness (QED) is 0.144. The molecule has 5 amide bonds. The van der Waals surface area contributed by atoms with Crippen LogP contribution in [0.2, 0.25) is 0 Å². The molecule has 57 heavy (non-hydrogen) atoms. The molecule has 7 rings (SSSR count). The van der Waals surface area contributed by atoms with Crippen molar-refractivity contribution in [3.05, 3.63) is 142 Å². The summed E-state index contributed by atoms with van der Waals surface area (Å²) in [7, 11) is 0. The Hall–Kier alpha value is -6.60. The highest BCUT2D eigenvalue weighted by Crippen LogP contribution is 2.25. The Labute approximate surface area is 334 Å². The molecule has 12 nitrogen and oxygen atoms in total. The van der Waals surface area contributed by atoms with Crippen LogP contribution in [0, 0.1) is 6.92 Å². The minimum absolute atomic E-state index is 0.0375. The molecule has 5 N–H and O–H groups in total. The molecule has 1 unspecified atom stereocenters. The molecule has 0 saturated heterocycles. The fraction of sp³-hybridized carbons (Fsp3) is 0.227. The Kier molecular flexibility index (Phi) is 13.2. The molecule has 0 aliphatic carbocycles. The highest BCUT2D eigenvalue weighted by atomic mass is 32.1. The first kappa shape index (κ1) is 40.1. The Morgan fingerprint density at radius 3 is 2.07 bits per heavy atom. The zero-order valence-corrected chi connectivity index (χ0v) is 32.1. The van der Waals surface area contributed by atoms with Crippen LogP contribution in [-0.4, -0.2) is 65.3 Å². The molecule has 13 heteroatoms. The van der Waals surface area contributed by atoms with Crippen LogP contribution in [0.5, 0.6) is 0 Å². The average molecular weight is 786 g/mol. The normalized spacial score (nSPS) is 18.8. The molecular formula is C44H43N5O7S. The Bertz CT molecular complexity index is 2210. The van der Waals surface area contributed by atoms with E-state index in [0.29, 0.717) is 22.5 Å². The number of hydrogen-bond donors (Lipinski definition) is 5. The van der Waals surface area contributed by atoms with Crippen molar-refractivity contribution in [2.45, 2.75) is 57.2 Å². The fourth-order valence-corrected chi connectivity index (χ4v) is 7.41. The number of nitrogens with zero attached hydrogens (tertiary/aromatic N) is 1. The second-order valence-corrected chi connectivity index (χ2v) is 14.8. The zero-order chi connectivity index (χ0) is 40.3. The van der Waals surface area contributed by atoms with E-state index in [4.69, 9.17) is 0 Å². The lowest BCUT2D eigenvalue weighted by molar-refractivity contribution is -0.140. The van der Waals surface area contributed by atoms with Crippen LogP contribution in [-0.2, 0) is 48.0 Å². The maximum Gasteiger partial charge on any atom is 0.327 e. The van der Waals surface area contributed by atoms with Crippen LogP contribution in [0.3, 0.4) is 0 Å². The van der Waals surface area contributed by atoms with E-state index in [1.54, 1.807) is 55.5 Å². The van der Waals surface area contributed by atoms with Gasteiger partial charge in [-0.2, -0.15) is 0 Å². The largest absolute Gasteiger partial charge is 0.480 e. The maximum atomic E-state index is 14.2. The van der Waals surface area contributed by atoms with Crippen molar-refractivity contribution < 1.29 is 33.9 Å². The first-order valence-electron chi connectivity index (χ1n) is 18.6. The third-order valence-electron chi connectivity index (χ3n) is 9.67. The van der Waals surface area contributed by atoms with Crippen LogP contribution < -0.4 is 26.2 Å². The van der Waals surface area contributed by atoms with E-state index in [-0.39, 0.29) is 32.1 Å². The number of nitrogens with one attached hydrogen (secondary N) is 4. The number of carbonyl (C=O) groups excluding carboxylic acids is 5. The molecule has 3 atom stereocenters. The number of carboxylic acid groups (broad SMARTS) is 1. The van der Waals surface area contributed by atoms with Crippen molar-refractivity contribution in [2.75, 3.05) is 16.8 Å². The van der Waals surface area contributed by atoms with Crippen molar-refractivity contribution in [3.63, 3.8) is 0 Å². The third-order valence-corrected chi connectivity index (χ3v) is 10.6. The maximum absolute atomic E-state index is 14.2. The highest BCUT2D eigenvalue weighted by molar-refractivity contribution is 7.09. The van der Waals surface area contributed by atoms with Gasteiger partial charge in [0.2, 0.25) is 29.5 Å². The lowest BCUT2D eigenvalue weighted by atomic mass is 10.00. The number of aliphatic carboxylic acids is 1. The monoisotopic (exact) mass is 785 g/mol. The molecule has 4 aromatic carbocycles. The van der Waals surface area contributed by atoms with Gasteiger partial charge in [-0.25, -0.2) is 4.79 Å². The van der Waals surface area contributed by atoms with Gasteiger partial charge in [0.1, 0.15) is 18.1 Å². The lowest BCUT2D eigenvalue weighted by Gasteiger charge is -2.31. The van der Waals surface area contributed by atoms with E-state index < -0.39 is 60.2 Å². The minimum Gasteiger partial charge on any atom is -0.480 e. The van der Waals surface area contributed by atoms with Crippen LogP contribution in [0.25, 0.3) is 11.1 Å². The first-order valence-corrected chi connectivity index (χ1v) is 19.5. The van der Waals surface area contributed by atoms with E-state index in [1.807, 2.05) is 72.1 Å². The summed E-state index contributed by atoms with van der Waals surface area (Å²) >= 11 is 1.41. The summed E-state index contributed by atoms with van der Waals surface area (Å²) in [6, 6.07) is 30.7. The molecule has 2 aliphatic heterocycles. The van der Waals surface area contributed by atoms with E-state index in [1.165, 1.54) is 16.2 Å². The Balaban J connectivity index is 1.34. The third kappa shape index (κ3) is 10.8. The van der Waals surface area contributed by atoms with Gasteiger partial charge in [-0.05, 0) is 64.4 Å². The summed E-state index contributed by atoms with van der Waals surface area (Å²) in [5, 5.41) is 23.4. The lowest BCUT2D eigenvalue weighted by Crippen LogP contribution is -2.56. The molecule has 0 spiro atoms. The summed E-state index contributed by atoms with van der Waals surface area (Å²) in [6.07, 6.45) is -0.280. The molecule has 0 radical (unpaired) electrons. The van der Waals surface area contributed by atoms with Crippen molar-refractivity contribution in [2.24, 2.45) is 0 Å². The number of carboxylic acids is 1. The van der Waals surface area contributed by atoms with Gasteiger partial charge < -0.3 is 26.4 Å². The molecule has 5 aromatic rings. The average Bonchev–Trinajstić information content (AvgIpc) is 3.73. The van der Waals surface area contributed by atoms with E-state index in [2.05, 4.69) is 21.3 Å². The molecule has 2 aliphatic rings. The smallest absolute Gasteiger partial charge is 0.327 e. The summed E-state index contributed by atoms with van der Waals surface area (Å²) in [5.41, 5.74) is 4.71. The van der Waals surface area contributed by atoms with Crippen molar-refractivity contribution >= 4 is 58.2 Å². The van der Waals surface area contributed by atoms with Crippen LogP contribution in [0.4, 0.5) is 11.4 Å². The number of carbonyl (C=O) groups is 6. The van der Waals surface area contributed by atoms with Crippen LogP contribution in [0.15, 0.2) is 121 Å². The number of benzene rings is 4. The summed E-state index contributed by atoms with van der Waals surface area (Å²) in [5.74, 6) is -4.21. The Morgan fingerprint density at radius 2 is 1.39 bits per heavy atom. The topological polar surface area (TPSA) is 174 Å². The molecule has 0 fully saturated rings. The number of rotatable bonds is 7. The molecular weight excluding hydrogens is 743 g/mol. The van der Waals surface area contributed by atoms with Gasteiger partial charge in [-0.15, -0.1) is 11.3 Å². The number of para-hydroxylation sites is 1. The second kappa shape index (κ2) is 18.8. The zero-order valence-electron chi connectivity index (χ0n) is 31.3. The minimum atomic E-state index is -1.36. The van der Waals surface area contributed by atoms with Crippen LogP contribution >= 0.6 is 11.3 Å². The van der Waals surface area contributed by atoms with Gasteiger partial charge in [0.25, 0.3) is 0 Å². The van der Waals surface area contributed by atoms with Crippen molar-refractivity contribution in [1.82, 2.24) is 16.0 Å². The van der Waals surface area contributed by atoms with E-state index >= 15 is 0 Å². The molecule has 1 aromatic heterocycles. The highest BCUT2D eigenvalue weighted by Gasteiger charge is 2.34. The van der Waals surface area contributed by atoms with Crippen molar-refractivity contribution in [3.8, 4) is 11.1 Å². The molecule has 3 heterocycles. The number of fused-ring (bicyclic) bond motifs is 18. The number of thiophene rings is 1. The standard InChI is InChI=1S/C44H43N5O7S/c1-28-8-5-6-12-37(28)49-38(44(55)56)25-30-15-19-33(20-16-30)46-39(50)21-22-40(51)47-36(26-34-11-7-23-57-34)43(54)48-35(42(53)45-27-41(49)52)24-29-13-17-32(18-14-29)31-9-3-2-4-10-31/h2-20,23,35-36,38H,21-22,24-27H2,1H3,(H,45,53)(H,46,50)(H,47,51)(H,48,54)(H,55,56)/t35-,36?,38+/m0/s1. The predicted molar refractivity (Wildman–Crippen MR) is 219 cm³/mol. The summed E-state index contributed by atoms with van der Waals surface area (Å²) in [6.45, 7) is 1.19. The first-order chi connectivity index (χ1) is 27.5. The predicted octanol–water partition coefficient (Wildman–Crippen LogP) is 5.06. The van der Waals surface area contributed by atoms with Gasteiger partial charge in [0, 0.05) is 48.4 Å². The van der Waals surface area contributed by atoms with Gasteiger partial charge in [0.15, 0.2) is 0 Å². The number of hydrogen-bond acceptors (Lipinski definition) is 7. The molecule has 0 saturated carbocycles. The SMILES string of the molecule is Cc1ccccc1N1C(=O)CNC(=O)[C@H](Cc2ccc(-c3ccccc3)cc2)NC(=O)C(Cc2cccs2)NC(=O)CCC(=O)Nc2ccc(cc2)C[C@@H]1C(=O)O. The summed E-state index contributed by atoms with van der Waals surface area (Å²) < 4.78 is 0. The summed E-state index contributed by atoms with van der Waals surface area (Å²) in [4.78, 5) is 83.3. The van der Waals surface area contributed by atoms with E-state index in [0.717, 1.165) is 21.6 Å². The van der Waals surface area contributed by atoms with E-state index in [9.17, 15) is 33.9 Å². The number of amides is 5. The van der Waals surface area contributed by atoms with Gasteiger partial charge in [0.05, 0.1) is 6.54 Å². The second-order valence-electron chi connectivity index (χ2n) is 13.8. The number of anilines is 2. The van der Waals surface area contributed by atoms with Crippen molar-refractivity contribution in [1.29, 1.82) is 0 Å². The van der Waals surface area contributed by atoms with Crippen LogP contribution in [0.1, 0.15) is 34.4 Å². The molecule has 2 bridgehead atoms. The number of aryl methyl sites for hydroxylation is 1. The Morgan fingerprint density at radius 1 is 0.719 bits per heavy atom. The van der Waals surface area contributed by atoms with Gasteiger partial charge in [-0.1, -0.05) is 91.0 Å². The molecule has 292 valence electrons. The van der Waals surface area contributed by atoms with Gasteiger partial charge >= 0.3 is 5.97 Å². The van der Waals surface area contributed by atoms with Gasteiger partial charge in [-0.3, -0.25) is 28.9 Å². The fourth-order valence-electron chi connectivity index (χ4n) is 6.65.